The lowest BCUT2D eigenvalue weighted by Gasteiger charge is -2.30. The number of hydrogen-bond acceptors (Lipinski definition) is 8. The van der Waals surface area contributed by atoms with Crippen LogP contribution in [-0.2, 0) is 31.0 Å². The van der Waals surface area contributed by atoms with Gasteiger partial charge in [0, 0.05) is 46.5 Å². The Kier molecular flexibility index (Phi) is 15.0. The van der Waals surface area contributed by atoms with Gasteiger partial charge < -0.3 is 18.9 Å². The Morgan fingerprint density at radius 2 is 0.982 bits per heavy atom. The van der Waals surface area contributed by atoms with Crippen molar-refractivity contribution in [2.24, 2.45) is 11.8 Å². The maximum Gasteiger partial charge on any atom is 0.311 e. The standard InChI is InChI=1S/C49H60O8/c1-29(2)27-31(5)21-22-37-33(7)45(54-35(9)50)38-17-13-15-19-40(38)47(37)57-43(53)24-23-42(52)56-46-34(8)44(49(11,12)26-25-32(6)28-30(3)4)48(55-36(10)51)41-20-16-14-18-39(41)46/h13-21,25,29-30H,22-24,26-28H2,1-12H3/b31-21+,32-25+. The van der Waals surface area contributed by atoms with E-state index in [-0.39, 0.29) is 12.8 Å². The van der Waals surface area contributed by atoms with Crippen LogP contribution in [0.3, 0.4) is 0 Å². The summed E-state index contributed by atoms with van der Waals surface area (Å²) in [6, 6.07) is 14.7. The molecule has 0 aromatic heterocycles. The largest absolute Gasteiger partial charge is 0.426 e. The number of carbonyl (C=O) groups excluding carboxylic acids is 4. The monoisotopic (exact) mass is 776 g/mol. The predicted octanol–water partition coefficient (Wildman–Crippen LogP) is 11.9. The second-order valence-corrected chi connectivity index (χ2v) is 16.7. The van der Waals surface area contributed by atoms with E-state index in [0.29, 0.717) is 80.3 Å². The van der Waals surface area contributed by atoms with Crippen molar-refractivity contribution >= 4 is 45.4 Å². The van der Waals surface area contributed by atoms with Crippen molar-refractivity contribution in [2.45, 2.75) is 127 Å². The summed E-state index contributed by atoms with van der Waals surface area (Å²) in [6.07, 6.45) is 6.88. The Morgan fingerprint density at radius 3 is 1.46 bits per heavy atom. The third kappa shape index (κ3) is 11.4. The summed E-state index contributed by atoms with van der Waals surface area (Å²) in [5.74, 6) is 0.513. The van der Waals surface area contributed by atoms with Crippen molar-refractivity contribution in [3.05, 3.63) is 94.1 Å². The fourth-order valence-corrected chi connectivity index (χ4v) is 7.68. The van der Waals surface area contributed by atoms with Gasteiger partial charge in [-0.05, 0) is 81.8 Å². The summed E-state index contributed by atoms with van der Waals surface area (Å²) < 4.78 is 23.9. The first-order valence-electron chi connectivity index (χ1n) is 20.0. The van der Waals surface area contributed by atoms with Crippen molar-refractivity contribution in [3.8, 4) is 23.0 Å². The highest BCUT2D eigenvalue weighted by Gasteiger charge is 2.32. The number of rotatable bonds is 16. The quantitative estimate of drug-likeness (QED) is 0.0629. The van der Waals surface area contributed by atoms with Gasteiger partial charge in [0.05, 0.1) is 12.8 Å². The normalized spacial score (nSPS) is 12.4. The number of esters is 4. The molecule has 4 rings (SSSR count). The summed E-state index contributed by atoms with van der Waals surface area (Å²) in [5, 5.41) is 2.53. The summed E-state index contributed by atoms with van der Waals surface area (Å²) in [5.41, 5.74) is 4.84. The molecule has 304 valence electrons. The molecule has 0 unspecified atom stereocenters. The van der Waals surface area contributed by atoms with E-state index in [0.717, 1.165) is 24.0 Å². The third-order valence-corrected chi connectivity index (χ3v) is 10.1. The predicted molar refractivity (Wildman–Crippen MR) is 228 cm³/mol. The molecule has 0 amide bonds. The van der Waals surface area contributed by atoms with Crippen LogP contribution in [0.4, 0.5) is 0 Å². The minimum Gasteiger partial charge on any atom is -0.426 e. The van der Waals surface area contributed by atoms with E-state index >= 15 is 0 Å². The van der Waals surface area contributed by atoms with Gasteiger partial charge in [-0.15, -0.1) is 0 Å². The fourth-order valence-electron chi connectivity index (χ4n) is 7.68. The van der Waals surface area contributed by atoms with Gasteiger partial charge in [-0.2, -0.15) is 0 Å². The van der Waals surface area contributed by atoms with E-state index in [9.17, 15) is 19.2 Å². The highest BCUT2D eigenvalue weighted by atomic mass is 16.6. The number of fused-ring (bicyclic) bond motifs is 2. The maximum atomic E-state index is 13.7. The van der Waals surface area contributed by atoms with Crippen LogP contribution in [0.5, 0.6) is 23.0 Å². The average molecular weight is 777 g/mol. The lowest BCUT2D eigenvalue weighted by molar-refractivity contribution is -0.140. The van der Waals surface area contributed by atoms with Crippen LogP contribution in [-0.4, -0.2) is 23.9 Å². The van der Waals surface area contributed by atoms with Crippen molar-refractivity contribution in [2.75, 3.05) is 0 Å². The molecule has 0 aliphatic rings. The average Bonchev–Trinajstić information content (AvgIpc) is 3.12. The van der Waals surface area contributed by atoms with E-state index in [1.54, 1.807) is 0 Å². The molecule has 0 radical (unpaired) electrons. The molecule has 8 heteroatoms. The van der Waals surface area contributed by atoms with E-state index in [1.807, 2.05) is 62.4 Å². The Balaban J connectivity index is 1.68. The Bertz CT molecular complexity index is 2220. The van der Waals surface area contributed by atoms with E-state index in [4.69, 9.17) is 18.9 Å². The van der Waals surface area contributed by atoms with Crippen LogP contribution in [0.2, 0.25) is 0 Å². The second-order valence-electron chi connectivity index (χ2n) is 16.7. The lowest BCUT2D eigenvalue weighted by Crippen LogP contribution is -2.22. The van der Waals surface area contributed by atoms with Crippen LogP contribution in [0.15, 0.2) is 71.8 Å². The molecule has 4 aromatic carbocycles. The zero-order valence-corrected chi connectivity index (χ0v) is 35.9. The van der Waals surface area contributed by atoms with Gasteiger partial charge in [0.2, 0.25) is 0 Å². The van der Waals surface area contributed by atoms with Gasteiger partial charge >= 0.3 is 23.9 Å². The van der Waals surface area contributed by atoms with Crippen molar-refractivity contribution in [1.82, 2.24) is 0 Å². The lowest BCUT2D eigenvalue weighted by atomic mass is 9.76. The van der Waals surface area contributed by atoms with E-state index < -0.39 is 29.3 Å². The Morgan fingerprint density at radius 1 is 0.579 bits per heavy atom. The molecule has 0 saturated carbocycles. The van der Waals surface area contributed by atoms with Gasteiger partial charge in [-0.25, -0.2) is 0 Å². The number of allylic oxidation sites excluding steroid dienone is 4. The number of carbonyl (C=O) groups is 4. The Labute approximate surface area is 338 Å². The smallest absolute Gasteiger partial charge is 0.311 e. The summed E-state index contributed by atoms with van der Waals surface area (Å²) >= 11 is 0. The van der Waals surface area contributed by atoms with Gasteiger partial charge in [0.25, 0.3) is 0 Å². The molecule has 0 atom stereocenters. The van der Waals surface area contributed by atoms with E-state index in [2.05, 4.69) is 67.5 Å². The molecule has 4 aromatic rings. The molecular formula is C49H60O8. The minimum absolute atomic E-state index is 0.236. The second kappa shape index (κ2) is 19.3. The van der Waals surface area contributed by atoms with Gasteiger partial charge in [-0.3, -0.25) is 19.2 Å². The molecule has 0 aliphatic heterocycles. The first-order chi connectivity index (χ1) is 26.8. The van der Waals surface area contributed by atoms with Crippen LogP contribution in [0.1, 0.15) is 124 Å². The Hall–Kier alpha value is -5.24. The van der Waals surface area contributed by atoms with Gasteiger partial charge in [0.15, 0.2) is 0 Å². The first kappa shape index (κ1) is 44.5. The number of ether oxygens (including phenoxy) is 4. The molecule has 0 bridgehead atoms. The van der Waals surface area contributed by atoms with Crippen molar-refractivity contribution in [3.63, 3.8) is 0 Å². The SMILES string of the molecule is CC(=O)Oc1c(C)c(C/C=C(\C)CC(C)C)c(OC(=O)CCC(=O)Oc2c(C)c(C(C)(C)C/C=C(\C)CC(C)C)c(OC(C)=O)c3ccccc23)c2ccccc12. The van der Waals surface area contributed by atoms with Crippen LogP contribution < -0.4 is 18.9 Å². The molecule has 0 N–H and O–H groups in total. The zero-order valence-electron chi connectivity index (χ0n) is 35.9. The summed E-state index contributed by atoms with van der Waals surface area (Å²) in [7, 11) is 0. The van der Waals surface area contributed by atoms with Gasteiger partial charge in [0.1, 0.15) is 23.0 Å². The van der Waals surface area contributed by atoms with Crippen LogP contribution in [0, 0.1) is 25.7 Å². The van der Waals surface area contributed by atoms with Gasteiger partial charge in [-0.1, -0.05) is 113 Å². The highest BCUT2D eigenvalue weighted by Crippen LogP contribution is 2.47. The summed E-state index contributed by atoms with van der Waals surface area (Å²) in [4.78, 5) is 52.0. The highest BCUT2D eigenvalue weighted by molar-refractivity contribution is 6.00. The molecular weight excluding hydrogens is 717 g/mol. The minimum atomic E-state index is -0.601. The molecule has 57 heavy (non-hydrogen) atoms. The topological polar surface area (TPSA) is 105 Å². The molecule has 0 heterocycles. The van der Waals surface area contributed by atoms with Crippen molar-refractivity contribution < 1.29 is 38.1 Å². The summed E-state index contributed by atoms with van der Waals surface area (Å²) in [6.45, 7) is 23.6. The zero-order chi connectivity index (χ0) is 42.2. The molecule has 0 aliphatic carbocycles. The number of hydrogen-bond donors (Lipinski definition) is 0. The molecule has 0 fully saturated rings. The van der Waals surface area contributed by atoms with Crippen molar-refractivity contribution in [1.29, 1.82) is 0 Å². The van der Waals surface area contributed by atoms with Crippen LogP contribution in [0.25, 0.3) is 21.5 Å². The third-order valence-electron chi connectivity index (χ3n) is 10.1. The molecule has 8 nitrogen and oxygen atoms in total. The van der Waals surface area contributed by atoms with E-state index in [1.165, 1.54) is 25.0 Å². The maximum absolute atomic E-state index is 13.7. The fraction of sp³-hybridized carbons (Fsp3) is 0.429. The molecule has 0 spiro atoms. The van der Waals surface area contributed by atoms with Crippen LogP contribution >= 0.6 is 0 Å². The molecule has 0 saturated heterocycles. The first-order valence-corrected chi connectivity index (χ1v) is 20.0. The number of benzene rings is 4.